The molecule has 0 spiro atoms. The van der Waals surface area contributed by atoms with Crippen LogP contribution in [0.3, 0.4) is 0 Å². The summed E-state index contributed by atoms with van der Waals surface area (Å²) in [6.07, 6.45) is 1.77. The Morgan fingerprint density at radius 2 is 1.75 bits per heavy atom. The minimum Gasteiger partial charge on any atom is -0.378 e. The lowest BCUT2D eigenvalue weighted by Crippen LogP contribution is -2.36. The normalized spacial score (nSPS) is 14.5. The molecule has 1 fully saturated rings. The number of aromatic nitrogens is 3. The van der Waals surface area contributed by atoms with Crippen LogP contribution < -0.4 is 10.5 Å². The van der Waals surface area contributed by atoms with Crippen molar-refractivity contribution >= 4 is 16.6 Å². The lowest BCUT2D eigenvalue weighted by molar-refractivity contribution is 0.122. The second-order valence-electron chi connectivity index (χ2n) is 6.89. The zero-order valence-electron chi connectivity index (χ0n) is 15.3. The Kier molecular flexibility index (Phi) is 4.18. The van der Waals surface area contributed by atoms with Crippen LogP contribution in [0, 0.1) is 0 Å². The average Bonchev–Trinajstić information content (AvgIpc) is 3.24. The van der Waals surface area contributed by atoms with E-state index in [1.54, 1.807) is 6.20 Å². The van der Waals surface area contributed by atoms with Crippen LogP contribution in [0.2, 0.25) is 0 Å². The van der Waals surface area contributed by atoms with Crippen LogP contribution in [-0.2, 0) is 4.74 Å². The highest BCUT2D eigenvalue weighted by Crippen LogP contribution is 2.25. The molecule has 0 aliphatic carbocycles. The van der Waals surface area contributed by atoms with Gasteiger partial charge >= 0.3 is 0 Å². The molecule has 4 aromatic rings. The van der Waals surface area contributed by atoms with E-state index < -0.39 is 0 Å². The second-order valence-corrected chi connectivity index (χ2v) is 6.89. The van der Waals surface area contributed by atoms with Crippen LogP contribution in [0.25, 0.3) is 33.5 Å². The zero-order valence-corrected chi connectivity index (χ0v) is 15.3. The number of anilines is 1. The Balaban J connectivity index is 1.45. The van der Waals surface area contributed by atoms with E-state index in [0.29, 0.717) is 11.4 Å². The molecule has 6 heteroatoms. The van der Waals surface area contributed by atoms with Gasteiger partial charge in [0, 0.05) is 24.3 Å². The number of nitrogens with one attached hydrogen (secondary N) is 2. The average molecular weight is 372 g/mol. The predicted molar refractivity (Wildman–Crippen MR) is 111 cm³/mol. The fourth-order valence-electron chi connectivity index (χ4n) is 3.60. The first-order valence-electron chi connectivity index (χ1n) is 9.38. The molecule has 28 heavy (non-hydrogen) atoms. The largest absolute Gasteiger partial charge is 0.378 e. The molecule has 0 saturated carbocycles. The molecule has 2 aromatic heterocycles. The summed E-state index contributed by atoms with van der Waals surface area (Å²) in [4.78, 5) is 25.4. The highest BCUT2D eigenvalue weighted by Gasteiger charge is 2.13. The molecule has 0 radical (unpaired) electrons. The van der Waals surface area contributed by atoms with E-state index in [2.05, 4.69) is 44.1 Å². The fourth-order valence-corrected chi connectivity index (χ4v) is 3.60. The standard InChI is InChI=1S/C22H20N4O2/c27-22-18(13-16-3-1-2-4-19(16)25-22)21-23-14-20(24-21)15-5-7-17(8-6-15)26-9-11-28-12-10-26/h1-8,13-14H,9-12H2,(H,23,24)(H,25,27). The van der Waals surface area contributed by atoms with E-state index in [1.165, 1.54) is 5.69 Å². The number of hydrogen-bond donors (Lipinski definition) is 2. The summed E-state index contributed by atoms with van der Waals surface area (Å²) in [5, 5.41) is 0.977. The maximum absolute atomic E-state index is 12.5. The van der Waals surface area contributed by atoms with Crippen molar-refractivity contribution in [3.05, 3.63) is 71.1 Å². The van der Waals surface area contributed by atoms with Crippen LogP contribution in [-0.4, -0.2) is 41.3 Å². The van der Waals surface area contributed by atoms with Crippen molar-refractivity contribution in [2.75, 3.05) is 31.2 Å². The van der Waals surface area contributed by atoms with Gasteiger partial charge in [0.2, 0.25) is 0 Å². The zero-order chi connectivity index (χ0) is 18.9. The molecule has 0 bridgehead atoms. The number of aromatic amines is 2. The number of ether oxygens (including phenoxy) is 1. The second kappa shape index (κ2) is 6.98. The van der Waals surface area contributed by atoms with Crippen molar-refractivity contribution < 1.29 is 4.74 Å². The van der Waals surface area contributed by atoms with Gasteiger partial charge in [-0.15, -0.1) is 0 Å². The van der Waals surface area contributed by atoms with E-state index in [0.717, 1.165) is 48.5 Å². The summed E-state index contributed by atoms with van der Waals surface area (Å²) in [7, 11) is 0. The number of imidazole rings is 1. The molecule has 2 N–H and O–H groups in total. The summed E-state index contributed by atoms with van der Waals surface area (Å²) >= 11 is 0. The van der Waals surface area contributed by atoms with Crippen molar-refractivity contribution in [2.24, 2.45) is 0 Å². The number of nitrogens with zero attached hydrogens (tertiary/aromatic N) is 2. The van der Waals surface area contributed by atoms with Crippen LogP contribution >= 0.6 is 0 Å². The molecule has 0 unspecified atom stereocenters. The molecule has 1 aliphatic heterocycles. The van der Waals surface area contributed by atoms with Gasteiger partial charge in [0.25, 0.3) is 5.56 Å². The highest BCUT2D eigenvalue weighted by molar-refractivity contribution is 5.82. The summed E-state index contributed by atoms with van der Waals surface area (Å²) in [5.41, 5.74) is 4.32. The third-order valence-electron chi connectivity index (χ3n) is 5.14. The first-order chi connectivity index (χ1) is 13.8. The fraction of sp³-hybridized carbons (Fsp3) is 0.182. The van der Waals surface area contributed by atoms with E-state index >= 15 is 0 Å². The van der Waals surface area contributed by atoms with Crippen molar-refractivity contribution in [2.45, 2.75) is 0 Å². The third kappa shape index (κ3) is 3.08. The Labute approximate surface area is 161 Å². The molecule has 1 aliphatic rings. The molecule has 3 heterocycles. The van der Waals surface area contributed by atoms with Crippen LogP contribution in [0.5, 0.6) is 0 Å². The third-order valence-corrected chi connectivity index (χ3v) is 5.14. The molecular weight excluding hydrogens is 352 g/mol. The number of morpholine rings is 1. The minimum absolute atomic E-state index is 0.151. The van der Waals surface area contributed by atoms with Crippen LogP contribution in [0.1, 0.15) is 0 Å². The molecule has 0 atom stereocenters. The number of hydrogen-bond acceptors (Lipinski definition) is 4. The summed E-state index contributed by atoms with van der Waals surface area (Å²) in [5.74, 6) is 0.569. The van der Waals surface area contributed by atoms with Gasteiger partial charge in [0.1, 0.15) is 5.82 Å². The van der Waals surface area contributed by atoms with Crippen molar-refractivity contribution in [1.82, 2.24) is 15.0 Å². The smallest absolute Gasteiger partial charge is 0.259 e. The molecule has 1 saturated heterocycles. The molecule has 2 aromatic carbocycles. The Bertz CT molecular complexity index is 1170. The SMILES string of the molecule is O=c1[nH]c2ccccc2cc1-c1ncc(-c2ccc(N3CCOCC3)cc2)[nH]1. The van der Waals surface area contributed by atoms with Crippen LogP contribution in [0.15, 0.2) is 65.6 Å². The highest BCUT2D eigenvalue weighted by atomic mass is 16.5. The van der Waals surface area contributed by atoms with Gasteiger partial charge in [-0.2, -0.15) is 0 Å². The van der Waals surface area contributed by atoms with Gasteiger partial charge < -0.3 is 19.6 Å². The van der Waals surface area contributed by atoms with E-state index in [9.17, 15) is 4.79 Å². The summed E-state index contributed by atoms with van der Waals surface area (Å²) < 4.78 is 5.41. The van der Waals surface area contributed by atoms with Gasteiger partial charge in [-0.1, -0.05) is 30.3 Å². The van der Waals surface area contributed by atoms with Crippen molar-refractivity contribution in [3.8, 4) is 22.6 Å². The molecular formula is C22H20N4O2. The van der Waals surface area contributed by atoms with Gasteiger partial charge in [-0.3, -0.25) is 4.79 Å². The van der Waals surface area contributed by atoms with Gasteiger partial charge in [0.05, 0.1) is 30.7 Å². The number of H-pyrrole nitrogens is 2. The Morgan fingerprint density at radius 3 is 2.57 bits per heavy atom. The lowest BCUT2D eigenvalue weighted by Gasteiger charge is -2.28. The van der Waals surface area contributed by atoms with Gasteiger partial charge in [-0.05, 0) is 35.2 Å². The number of rotatable bonds is 3. The summed E-state index contributed by atoms with van der Waals surface area (Å²) in [6, 6.07) is 18.0. The summed E-state index contributed by atoms with van der Waals surface area (Å²) in [6.45, 7) is 3.37. The van der Waals surface area contributed by atoms with Gasteiger partial charge in [-0.25, -0.2) is 4.98 Å². The maximum Gasteiger partial charge on any atom is 0.259 e. The monoisotopic (exact) mass is 372 g/mol. The first kappa shape index (κ1) is 16.8. The lowest BCUT2D eigenvalue weighted by atomic mass is 10.1. The Hall–Kier alpha value is -3.38. The molecule has 0 amide bonds. The minimum atomic E-state index is -0.151. The van der Waals surface area contributed by atoms with Crippen molar-refractivity contribution in [3.63, 3.8) is 0 Å². The number of pyridine rings is 1. The number of para-hydroxylation sites is 1. The molecule has 5 rings (SSSR count). The van der Waals surface area contributed by atoms with Crippen LogP contribution in [0.4, 0.5) is 5.69 Å². The van der Waals surface area contributed by atoms with E-state index in [-0.39, 0.29) is 5.56 Å². The predicted octanol–water partition coefficient (Wildman–Crippen LogP) is 3.42. The number of fused-ring (bicyclic) bond motifs is 1. The van der Waals surface area contributed by atoms with Crippen molar-refractivity contribution in [1.29, 1.82) is 0 Å². The first-order valence-corrected chi connectivity index (χ1v) is 9.38. The Morgan fingerprint density at radius 1 is 0.964 bits per heavy atom. The molecule has 6 nitrogen and oxygen atoms in total. The quantitative estimate of drug-likeness (QED) is 0.578. The maximum atomic E-state index is 12.5. The molecule has 140 valence electrons. The van der Waals surface area contributed by atoms with Gasteiger partial charge in [0.15, 0.2) is 0 Å². The van der Waals surface area contributed by atoms with E-state index in [4.69, 9.17) is 4.74 Å². The van der Waals surface area contributed by atoms with E-state index in [1.807, 2.05) is 30.3 Å². The topological polar surface area (TPSA) is 74.0 Å². The number of benzene rings is 2.